The second-order valence-electron chi connectivity index (χ2n) is 10.9. The molecule has 2 atom stereocenters. The number of amides is 4. The predicted octanol–water partition coefficient (Wildman–Crippen LogP) is 4.83. The van der Waals surface area contributed by atoms with Gasteiger partial charge in [-0.3, -0.25) is 14.4 Å². The van der Waals surface area contributed by atoms with Crippen LogP contribution in [0.4, 0.5) is 10.5 Å². The van der Waals surface area contributed by atoms with Crippen LogP contribution in [-0.2, 0) is 19.1 Å². The standard InChI is InChI=1S/C32H42N4O5/c1-7-9-12-21-36(30(39)26(19-20-27(33)37)35-31(40)41-32(4,5)6)28(24-17-15-23(8-2)16-18-24)29(38)34-25-14-11-10-13-22(25)3/h2,10-11,13-18,26,28H,7,9,12,19-21H2,1,3-6H3,(H2,33,37)(H,34,38)(H,35,40). The van der Waals surface area contributed by atoms with Crippen molar-refractivity contribution in [3.8, 4) is 12.3 Å². The van der Waals surface area contributed by atoms with E-state index in [9.17, 15) is 19.2 Å². The molecule has 4 amide bonds. The first-order valence-electron chi connectivity index (χ1n) is 13.9. The lowest BCUT2D eigenvalue weighted by molar-refractivity contribution is -0.141. The zero-order valence-electron chi connectivity index (χ0n) is 24.7. The molecule has 0 aromatic heterocycles. The zero-order chi connectivity index (χ0) is 30.6. The molecule has 2 aromatic rings. The fourth-order valence-corrected chi connectivity index (χ4v) is 4.24. The number of hydrogen-bond donors (Lipinski definition) is 3. The first-order chi connectivity index (χ1) is 19.4. The van der Waals surface area contributed by atoms with Crippen molar-refractivity contribution >= 4 is 29.5 Å². The molecule has 2 unspecified atom stereocenters. The Hall–Kier alpha value is -4.32. The van der Waals surface area contributed by atoms with E-state index in [-0.39, 0.29) is 19.4 Å². The summed E-state index contributed by atoms with van der Waals surface area (Å²) in [5.41, 5.74) is 7.22. The van der Waals surface area contributed by atoms with E-state index in [0.29, 0.717) is 23.2 Å². The smallest absolute Gasteiger partial charge is 0.408 e. The summed E-state index contributed by atoms with van der Waals surface area (Å²) in [7, 11) is 0. The molecule has 0 spiro atoms. The van der Waals surface area contributed by atoms with Gasteiger partial charge in [0, 0.05) is 24.2 Å². The molecule has 0 aliphatic rings. The van der Waals surface area contributed by atoms with Crippen molar-refractivity contribution in [3.05, 3.63) is 65.2 Å². The summed E-state index contributed by atoms with van der Waals surface area (Å²) in [5.74, 6) is 0.987. The molecule has 0 heterocycles. The lowest BCUT2D eigenvalue weighted by Crippen LogP contribution is -2.52. The van der Waals surface area contributed by atoms with Crippen LogP contribution >= 0.6 is 0 Å². The van der Waals surface area contributed by atoms with Gasteiger partial charge in [-0.2, -0.15) is 0 Å². The maximum atomic E-state index is 14.2. The number of nitrogens with zero attached hydrogens (tertiary/aromatic N) is 1. The zero-order valence-corrected chi connectivity index (χ0v) is 24.7. The monoisotopic (exact) mass is 562 g/mol. The van der Waals surface area contributed by atoms with E-state index in [0.717, 1.165) is 18.4 Å². The molecule has 0 saturated heterocycles. The number of benzene rings is 2. The summed E-state index contributed by atoms with van der Waals surface area (Å²) in [5, 5.41) is 5.57. The molecule has 0 aliphatic heterocycles. The highest BCUT2D eigenvalue weighted by Crippen LogP contribution is 2.27. The molecular formula is C32H42N4O5. The van der Waals surface area contributed by atoms with E-state index in [1.165, 1.54) is 4.90 Å². The highest BCUT2D eigenvalue weighted by atomic mass is 16.6. The van der Waals surface area contributed by atoms with Crippen LogP contribution in [0.1, 0.15) is 82.5 Å². The number of terminal acetylenes is 1. The van der Waals surface area contributed by atoms with Gasteiger partial charge in [-0.25, -0.2) is 4.79 Å². The Morgan fingerprint density at radius 3 is 2.27 bits per heavy atom. The van der Waals surface area contributed by atoms with E-state index in [1.807, 2.05) is 32.0 Å². The van der Waals surface area contributed by atoms with Gasteiger partial charge in [-0.1, -0.05) is 56.0 Å². The number of para-hydroxylation sites is 1. The predicted molar refractivity (Wildman–Crippen MR) is 160 cm³/mol. The van der Waals surface area contributed by atoms with Gasteiger partial charge in [0.05, 0.1) is 0 Å². The summed E-state index contributed by atoms with van der Waals surface area (Å²) >= 11 is 0. The van der Waals surface area contributed by atoms with Crippen molar-refractivity contribution < 1.29 is 23.9 Å². The number of unbranched alkanes of at least 4 members (excludes halogenated alkanes) is 2. The quantitative estimate of drug-likeness (QED) is 0.238. The molecule has 4 N–H and O–H groups in total. The van der Waals surface area contributed by atoms with Crippen LogP contribution in [0.3, 0.4) is 0 Å². The number of nitrogens with two attached hydrogens (primary N) is 1. The highest BCUT2D eigenvalue weighted by molar-refractivity contribution is 5.99. The number of carbonyl (C=O) groups is 4. The molecule has 220 valence electrons. The topological polar surface area (TPSA) is 131 Å². The van der Waals surface area contributed by atoms with Crippen LogP contribution in [0.2, 0.25) is 0 Å². The second kappa shape index (κ2) is 15.5. The number of aryl methyl sites for hydroxylation is 1. The van der Waals surface area contributed by atoms with Gasteiger partial charge in [0.1, 0.15) is 17.7 Å². The largest absolute Gasteiger partial charge is 0.444 e. The number of carbonyl (C=O) groups excluding carboxylic acids is 4. The maximum absolute atomic E-state index is 14.2. The van der Waals surface area contributed by atoms with Crippen LogP contribution in [-0.4, -0.2) is 46.9 Å². The van der Waals surface area contributed by atoms with Crippen molar-refractivity contribution in [1.29, 1.82) is 0 Å². The number of primary amides is 1. The fraction of sp³-hybridized carbons (Fsp3) is 0.438. The van der Waals surface area contributed by atoms with E-state index in [1.54, 1.807) is 51.1 Å². The van der Waals surface area contributed by atoms with Crippen molar-refractivity contribution in [2.45, 2.75) is 84.4 Å². The Morgan fingerprint density at radius 2 is 1.71 bits per heavy atom. The molecule has 2 aromatic carbocycles. The maximum Gasteiger partial charge on any atom is 0.408 e. The minimum Gasteiger partial charge on any atom is -0.444 e. The van der Waals surface area contributed by atoms with Crippen LogP contribution in [0.25, 0.3) is 0 Å². The van der Waals surface area contributed by atoms with Crippen LogP contribution in [0, 0.1) is 19.3 Å². The average molecular weight is 563 g/mol. The van der Waals surface area contributed by atoms with Gasteiger partial charge in [0.25, 0.3) is 5.91 Å². The van der Waals surface area contributed by atoms with E-state index >= 15 is 0 Å². The molecule has 41 heavy (non-hydrogen) atoms. The third kappa shape index (κ3) is 10.6. The van der Waals surface area contributed by atoms with Crippen LogP contribution in [0.5, 0.6) is 0 Å². The molecule has 0 saturated carbocycles. The van der Waals surface area contributed by atoms with E-state index in [4.69, 9.17) is 16.9 Å². The number of anilines is 1. The van der Waals surface area contributed by atoms with Crippen molar-refractivity contribution in [3.63, 3.8) is 0 Å². The normalized spacial score (nSPS) is 12.4. The van der Waals surface area contributed by atoms with Crippen LogP contribution in [0.15, 0.2) is 48.5 Å². The summed E-state index contributed by atoms with van der Waals surface area (Å²) in [6, 6.07) is 12.0. The lowest BCUT2D eigenvalue weighted by Gasteiger charge is -2.34. The van der Waals surface area contributed by atoms with Gasteiger partial charge < -0.3 is 26.0 Å². The lowest BCUT2D eigenvalue weighted by atomic mass is 9.99. The molecule has 0 radical (unpaired) electrons. The molecule has 0 fully saturated rings. The van der Waals surface area contributed by atoms with Crippen molar-refractivity contribution in [2.24, 2.45) is 5.73 Å². The second-order valence-corrected chi connectivity index (χ2v) is 10.9. The van der Waals surface area contributed by atoms with Gasteiger partial charge in [-0.05, 0) is 69.9 Å². The summed E-state index contributed by atoms with van der Waals surface area (Å²) < 4.78 is 5.38. The molecule has 0 aliphatic carbocycles. The third-order valence-corrected chi connectivity index (χ3v) is 6.31. The number of ether oxygens (including phenoxy) is 1. The number of nitrogens with one attached hydrogen (secondary N) is 2. The Balaban J connectivity index is 2.57. The first-order valence-corrected chi connectivity index (χ1v) is 13.9. The highest BCUT2D eigenvalue weighted by Gasteiger charge is 2.36. The Morgan fingerprint density at radius 1 is 1.05 bits per heavy atom. The number of rotatable bonds is 13. The number of hydrogen-bond acceptors (Lipinski definition) is 5. The molecular weight excluding hydrogens is 520 g/mol. The fourth-order valence-electron chi connectivity index (χ4n) is 4.24. The first kappa shape index (κ1) is 32.9. The van der Waals surface area contributed by atoms with Gasteiger partial charge >= 0.3 is 6.09 Å². The van der Waals surface area contributed by atoms with E-state index < -0.39 is 41.5 Å². The van der Waals surface area contributed by atoms with Crippen molar-refractivity contribution in [1.82, 2.24) is 10.2 Å². The van der Waals surface area contributed by atoms with Crippen LogP contribution < -0.4 is 16.4 Å². The average Bonchev–Trinajstić information content (AvgIpc) is 2.90. The summed E-state index contributed by atoms with van der Waals surface area (Å²) in [6.07, 6.45) is 6.86. The van der Waals surface area contributed by atoms with E-state index in [2.05, 4.69) is 16.6 Å². The minimum absolute atomic E-state index is 0.0557. The van der Waals surface area contributed by atoms with Gasteiger partial charge in [0.2, 0.25) is 11.8 Å². The molecule has 2 rings (SSSR count). The Kier molecular flexibility index (Phi) is 12.4. The summed E-state index contributed by atoms with van der Waals surface area (Å²) in [6.45, 7) is 9.26. The third-order valence-electron chi connectivity index (χ3n) is 6.31. The van der Waals surface area contributed by atoms with Gasteiger partial charge in [-0.15, -0.1) is 6.42 Å². The SMILES string of the molecule is C#Cc1ccc(C(C(=O)Nc2ccccc2C)N(CCCCC)C(=O)C(CCC(N)=O)NC(=O)OC(C)(C)C)cc1. The molecule has 9 heteroatoms. The Bertz CT molecular complexity index is 1240. The minimum atomic E-state index is -1.15. The van der Waals surface area contributed by atoms with Crippen molar-refractivity contribution in [2.75, 3.05) is 11.9 Å². The van der Waals surface area contributed by atoms with Gasteiger partial charge in [0.15, 0.2) is 0 Å². The summed E-state index contributed by atoms with van der Waals surface area (Å²) in [4.78, 5) is 54.0. The Labute approximate surface area is 243 Å². The number of alkyl carbamates (subject to hydrolysis) is 1. The molecule has 9 nitrogen and oxygen atoms in total. The molecule has 0 bridgehead atoms.